The van der Waals surface area contributed by atoms with Gasteiger partial charge in [-0.05, 0) is 18.4 Å². The van der Waals surface area contributed by atoms with E-state index in [9.17, 15) is 23.5 Å². The second-order valence-corrected chi connectivity index (χ2v) is 5.79. The van der Waals surface area contributed by atoms with Crippen LogP contribution in [0.25, 0.3) is 0 Å². The Balaban J connectivity index is 1.95. The lowest BCUT2D eigenvalue weighted by atomic mass is 9.88. The van der Waals surface area contributed by atoms with E-state index in [1.54, 1.807) is 24.3 Å². The lowest BCUT2D eigenvalue weighted by molar-refractivity contribution is -0.211. The van der Waals surface area contributed by atoms with Gasteiger partial charge in [-0.1, -0.05) is 30.3 Å². The first-order valence-corrected chi connectivity index (χ1v) is 7.55. The Morgan fingerprint density at radius 3 is 2.50 bits per heavy atom. The van der Waals surface area contributed by atoms with Gasteiger partial charge in [-0.2, -0.15) is 8.78 Å². The lowest BCUT2D eigenvalue weighted by Gasteiger charge is -2.32. The van der Waals surface area contributed by atoms with Crippen molar-refractivity contribution < 1.29 is 33.3 Å². The van der Waals surface area contributed by atoms with Crippen molar-refractivity contribution in [3.63, 3.8) is 0 Å². The largest absolute Gasteiger partial charge is 0.477 e. The number of carboxylic acid groups (broad SMARTS) is 1. The van der Waals surface area contributed by atoms with E-state index in [1.807, 2.05) is 6.07 Å². The third kappa shape index (κ3) is 3.81. The Labute approximate surface area is 137 Å². The second kappa shape index (κ2) is 7.12. The number of hydrogen-bond acceptors (Lipinski definition) is 4. The van der Waals surface area contributed by atoms with Crippen LogP contribution in [-0.4, -0.2) is 51.8 Å². The highest BCUT2D eigenvalue weighted by molar-refractivity contribution is 5.77. The summed E-state index contributed by atoms with van der Waals surface area (Å²) in [6, 6.07) is 8.97. The fraction of sp³-hybridized carbons (Fsp3) is 0.500. The van der Waals surface area contributed by atoms with Crippen molar-refractivity contribution in [1.29, 1.82) is 0 Å². The normalized spacial score (nSPS) is 21.9. The van der Waals surface area contributed by atoms with Crippen molar-refractivity contribution in [3.05, 3.63) is 35.9 Å². The number of carboxylic acids is 1. The molecule has 1 saturated heterocycles. The fourth-order valence-electron chi connectivity index (χ4n) is 2.63. The molecule has 132 valence electrons. The highest BCUT2D eigenvalue weighted by Crippen LogP contribution is 2.37. The number of ether oxygens (including phenoxy) is 1. The van der Waals surface area contributed by atoms with Gasteiger partial charge in [0.1, 0.15) is 12.2 Å². The third-order valence-corrected chi connectivity index (χ3v) is 4.13. The van der Waals surface area contributed by atoms with Crippen LogP contribution in [0.15, 0.2) is 30.3 Å². The number of aliphatic carboxylic acids is 1. The number of nitrogens with zero attached hydrogens (tertiary/aromatic N) is 1. The van der Waals surface area contributed by atoms with Crippen LogP contribution in [0.1, 0.15) is 24.8 Å². The van der Waals surface area contributed by atoms with Crippen LogP contribution < -0.4 is 0 Å². The first-order valence-electron chi connectivity index (χ1n) is 7.55. The fourth-order valence-corrected chi connectivity index (χ4v) is 2.63. The minimum atomic E-state index is -4.27. The third-order valence-electron chi connectivity index (χ3n) is 4.13. The van der Waals surface area contributed by atoms with Crippen molar-refractivity contribution in [2.45, 2.75) is 37.4 Å². The number of amides is 1. The number of carbonyl (C=O) groups excluding carboxylic acids is 1. The van der Waals surface area contributed by atoms with Crippen molar-refractivity contribution in [2.75, 3.05) is 13.1 Å². The van der Waals surface area contributed by atoms with Gasteiger partial charge in [0.15, 0.2) is 0 Å². The average Bonchev–Trinajstić information content (AvgIpc) is 2.76. The SMILES string of the molecule is O=C(OCc1ccccc1)N1CCCC(O)(C(F)(F)C(=O)O)CC1. The van der Waals surface area contributed by atoms with E-state index >= 15 is 0 Å². The van der Waals surface area contributed by atoms with Crippen LogP contribution in [-0.2, 0) is 16.1 Å². The zero-order valence-corrected chi connectivity index (χ0v) is 13.0. The van der Waals surface area contributed by atoms with Crippen molar-refractivity contribution in [1.82, 2.24) is 4.90 Å². The van der Waals surface area contributed by atoms with Gasteiger partial charge in [0, 0.05) is 19.5 Å². The predicted octanol–water partition coefficient (Wildman–Crippen LogP) is 2.26. The molecule has 2 N–H and O–H groups in total. The van der Waals surface area contributed by atoms with Crippen LogP contribution in [0.4, 0.5) is 13.6 Å². The maximum Gasteiger partial charge on any atom is 0.410 e. The van der Waals surface area contributed by atoms with Crippen molar-refractivity contribution in [2.24, 2.45) is 0 Å². The number of aliphatic hydroxyl groups is 1. The second-order valence-electron chi connectivity index (χ2n) is 5.79. The van der Waals surface area contributed by atoms with Crippen LogP contribution in [0.3, 0.4) is 0 Å². The molecule has 1 atom stereocenters. The number of rotatable bonds is 4. The van der Waals surface area contributed by atoms with Crippen molar-refractivity contribution in [3.8, 4) is 0 Å². The number of benzene rings is 1. The molecule has 8 heteroatoms. The minimum Gasteiger partial charge on any atom is -0.477 e. The van der Waals surface area contributed by atoms with Gasteiger partial charge in [0.25, 0.3) is 0 Å². The first kappa shape index (κ1) is 18.1. The molecule has 0 spiro atoms. The molecule has 0 aliphatic carbocycles. The summed E-state index contributed by atoms with van der Waals surface area (Å²) in [5.74, 6) is -6.64. The number of alkyl halides is 2. The Hall–Kier alpha value is -2.22. The molecule has 1 fully saturated rings. The van der Waals surface area contributed by atoms with Crippen LogP contribution in [0, 0.1) is 0 Å². The summed E-state index contributed by atoms with van der Waals surface area (Å²) in [5, 5.41) is 18.7. The molecule has 1 aliphatic rings. The Morgan fingerprint density at radius 2 is 1.88 bits per heavy atom. The van der Waals surface area contributed by atoms with E-state index in [4.69, 9.17) is 9.84 Å². The molecule has 0 bridgehead atoms. The molecule has 0 radical (unpaired) electrons. The molecule has 1 aliphatic heterocycles. The van der Waals surface area contributed by atoms with E-state index in [2.05, 4.69) is 0 Å². The van der Waals surface area contributed by atoms with Crippen LogP contribution in [0.2, 0.25) is 0 Å². The minimum absolute atomic E-state index is 0.0473. The van der Waals surface area contributed by atoms with Gasteiger partial charge in [-0.15, -0.1) is 0 Å². The molecular weight excluding hydrogens is 324 g/mol. The molecule has 24 heavy (non-hydrogen) atoms. The summed E-state index contributed by atoms with van der Waals surface area (Å²) < 4.78 is 32.5. The first-order chi connectivity index (χ1) is 11.3. The maximum atomic E-state index is 13.7. The maximum absolute atomic E-state index is 13.7. The van der Waals surface area contributed by atoms with Gasteiger partial charge >= 0.3 is 18.0 Å². The zero-order valence-electron chi connectivity index (χ0n) is 13.0. The Morgan fingerprint density at radius 1 is 1.21 bits per heavy atom. The Bertz CT molecular complexity index is 595. The molecule has 1 unspecified atom stereocenters. The van der Waals surface area contributed by atoms with Crippen LogP contribution >= 0.6 is 0 Å². The van der Waals surface area contributed by atoms with Crippen molar-refractivity contribution >= 4 is 12.1 Å². The highest BCUT2D eigenvalue weighted by atomic mass is 19.3. The van der Waals surface area contributed by atoms with E-state index in [0.717, 1.165) is 5.56 Å². The number of halogens is 2. The van der Waals surface area contributed by atoms with Gasteiger partial charge in [0.2, 0.25) is 0 Å². The molecule has 1 aromatic rings. The monoisotopic (exact) mass is 343 g/mol. The smallest absolute Gasteiger partial charge is 0.410 e. The summed E-state index contributed by atoms with van der Waals surface area (Å²) in [5.41, 5.74) is -1.89. The topological polar surface area (TPSA) is 87.1 Å². The van der Waals surface area contributed by atoms with E-state index in [0.29, 0.717) is 0 Å². The van der Waals surface area contributed by atoms with E-state index in [-0.39, 0.29) is 26.1 Å². The number of hydrogen-bond donors (Lipinski definition) is 2. The van der Waals surface area contributed by atoms with Gasteiger partial charge in [-0.25, -0.2) is 9.59 Å². The lowest BCUT2D eigenvalue weighted by Crippen LogP contribution is -2.53. The van der Waals surface area contributed by atoms with E-state index < -0.39 is 36.4 Å². The predicted molar refractivity (Wildman–Crippen MR) is 79.6 cm³/mol. The highest BCUT2D eigenvalue weighted by Gasteiger charge is 2.58. The van der Waals surface area contributed by atoms with Gasteiger partial charge in [0.05, 0.1) is 0 Å². The average molecular weight is 343 g/mol. The summed E-state index contributed by atoms with van der Waals surface area (Å²) in [7, 11) is 0. The molecule has 0 aromatic heterocycles. The molecule has 6 nitrogen and oxygen atoms in total. The number of likely N-dealkylation sites (tertiary alicyclic amines) is 1. The summed E-state index contributed by atoms with van der Waals surface area (Å²) >= 11 is 0. The molecule has 1 heterocycles. The zero-order chi connectivity index (χ0) is 17.8. The molecule has 1 amide bonds. The number of carbonyl (C=O) groups is 2. The van der Waals surface area contributed by atoms with E-state index in [1.165, 1.54) is 4.90 Å². The van der Waals surface area contributed by atoms with Gasteiger partial charge < -0.3 is 19.8 Å². The molecular formula is C16H19F2NO5. The van der Waals surface area contributed by atoms with Gasteiger partial charge in [-0.3, -0.25) is 0 Å². The Kier molecular flexibility index (Phi) is 5.38. The standard InChI is InChI=1S/C16H19F2NO5/c17-16(18,13(20)21)15(23)7-4-9-19(10-8-15)14(22)24-11-12-5-2-1-3-6-12/h1-3,5-6,23H,4,7-11H2,(H,20,21). The molecule has 0 saturated carbocycles. The van der Waals surface area contributed by atoms with Crippen LogP contribution in [0.5, 0.6) is 0 Å². The quantitative estimate of drug-likeness (QED) is 0.876. The molecule has 1 aromatic carbocycles. The summed E-state index contributed by atoms with van der Waals surface area (Å²) in [4.78, 5) is 23.9. The summed E-state index contributed by atoms with van der Waals surface area (Å²) in [6.45, 7) is -0.0373. The summed E-state index contributed by atoms with van der Waals surface area (Å²) in [6.07, 6.45) is -1.57. The molecule has 2 rings (SSSR count).